The minimum Gasteiger partial charge on any atom is -0.291 e. The van der Waals surface area contributed by atoms with Crippen molar-refractivity contribution in [3.8, 4) is 0 Å². The summed E-state index contributed by atoms with van der Waals surface area (Å²) in [6, 6.07) is 7.13. The van der Waals surface area contributed by atoms with Crippen LogP contribution in [0.2, 0.25) is 10.0 Å². The van der Waals surface area contributed by atoms with Crippen molar-refractivity contribution in [2.45, 2.75) is 30.7 Å². The van der Waals surface area contributed by atoms with Gasteiger partial charge in [0.25, 0.3) is 5.56 Å². The molecule has 0 bridgehead atoms. The lowest BCUT2D eigenvalue weighted by Crippen LogP contribution is -2.12. The molecule has 3 rings (SSSR count). The van der Waals surface area contributed by atoms with E-state index < -0.39 is 0 Å². The first-order valence-electron chi connectivity index (χ1n) is 7.01. The Hall–Kier alpha value is -1.50. The molecule has 2 aromatic heterocycles. The zero-order valence-corrected chi connectivity index (χ0v) is 14.8. The van der Waals surface area contributed by atoms with Gasteiger partial charge in [-0.05, 0) is 23.6 Å². The molecule has 120 valence electrons. The molecule has 0 saturated heterocycles. The molecule has 2 heterocycles. The highest BCUT2D eigenvalue weighted by molar-refractivity contribution is 7.98. The van der Waals surface area contributed by atoms with Crippen molar-refractivity contribution in [2.75, 3.05) is 0 Å². The van der Waals surface area contributed by atoms with Gasteiger partial charge in [-0.2, -0.15) is 0 Å². The lowest BCUT2D eigenvalue weighted by molar-refractivity contribution is 0.754. The fourth-order valence-corrected chi connectivity index (χ4v) is 3.44. The predicted molar refractivity (Wildman–Crippen MR) is 93.7 cm³/mol. The van der Waals surface area contributed by atoms with Gasteiger partial charge in [-0.25, -0.2) is 0 Å². The van der Waals surface area contributed by atoms with Crippen LogP contribution in [0.25, 0.3) is 5.78 Å². The van der Waals surface area contributed by atoms with E-state index in [0.717, 1.165) is 16.4 Å². The molecule has 0 fully saturated rings. The molecule has 0 aliphatic rings. The highest BCUT2D eigenvalue weighted by Gasteiger charge is 2.14. The number of aromatic amines is 1. The van der Waals surface area contributed by atoms with Crippen LogP contribution in [0.1, 0.15) is 31.0 Å². The molecule has 0 radical (unpaired) electrons. The quantitative estimate of drug-likeness (QED) is 0.702. The van der Waals surface area contributed by atoms with Crippen LogP contribution in [0.15, 0.2) is 34.2 Å². The first-order valence-corrected chi connectivity index (χ1v) is 8.75. The topological polar surface area (TPSA) is 63.0 Å². The molecule has 0 amide bonds. The van der Waals surface area contributed by atoms with Crippen LogP contribution in [0, 0.1) is 0 Å². The maximum atomic E-state index is 11.7. The van der Waals surface area contributed by atoms with E-state index in [1.54, 1.807) is 12.1 Å². The average Bonchev–Trinajstić information content (AvgIpc) is 2.90. The van der Waals surface area contributed by atoms with Gasteiger partial charge < -0.3 is 0 Å². The molecule has 1 aromatic carbocycles. The van der Waals surface area contributed by atoms with Gasteiger partial charge in [0.05, 0.1) is 10.0 Å². The Morgan fingerprint density at radius 3 is 2.70 bits per heavy atom. The van der Waals surface area contributed by atoms with Gasteiger partial charge in [-0.1, -0.05) is 54.9 Å². The van der Waals surface area contributed by atoms with E-state index in [0.29, 0.717) is 21.6 Å². The molecule has 0 atom stereocenters. The zero-order valence-electron chi connectivity index (χ0n) is 12.5. The van der Waals surface area contributed by atoms with E-state index in [4.69, 9.17) is 23.2 Å². The molecule has 3 aromatic rings. The summed E-state index contributed by atoms with van der Waals surface area (Å²) in [4.78, 5) is 14.4. The monoisotopic (exact) mass is 368 g/mol. The summed E-state index contributed by atoms with van der Waals surface area (Å²) in [6.45, 7) is 4.06. The summed E-state index contributed by atoms with van der Waals surface area (Å²) in [5.74, 6) is 1.31. The van der Waals surface area contributed by atoms with Crippen molar-refractivity contribution in [1.29, 1.82) is 0 Å². The third kappa shape index (κ3) is 3.39. The minimum atomic E-state index is -0.172. The second-order valence-corrected chi connectivity index (χ2v) is 7.15. The Balaban J connectivity index is 1.94. The molecule has 0 saturated carbocycles. The lowest BCUT2D eigenvalue weighted by Gasteiger charge is -2.09. The van der Waals surface area contributed by atoms with E-state index >= 15 is 0 Å². The summed E-state index contributed by atoms with van der Waals surface area (Å²) in [5.41, 5.74) is 1.75. The SMILES string of the molecule is CC(C)c1cc(=O)[nH]c2nnc(SCc3ccc(Cl)c(Cl)c3)n12. The number of rotatable bonds is 4. The molecule has 0 unspecified atom stereocenters. The van der Waals surface area contributed by atoms with Crippen LogP contribution in [0.5, 0.6) is 0 Å². The molecular formula is C15H14Cl2N4OS. The maximum Gasteiger partial charge on any atom is 0.252 e. The number of nitrogens with zero attached hydrogens (tertiary/aromatic N) is 3. The zero-order chi connectivity index (χ0) is 16.6. The molecule has 1 N–H and O–H groups in total. The molecule has 23 heavy (non-hydrogen) atoms. The van der Waals surface area contributed by atoms with Gasteiger partial charge in [0, 0.05) is 17.5 Å². The fraction of sp³-hybridized carbons (Fsp3) is 0.267. The third-order valence-corrected chi connectivity index (χ3v) is 5.09. The lowest BCUT2D eigenvalue weighted by atomic mass is 10.1. The number of benzene rings is 1. The molecule has 5 nitrogen and oxygen atoms in total. The first-order chi connectivity index (χ1) is 11.0. The summed E-state index contributed by atoms with van der Waals surface area (Å²) in [6.07, 6.45) is 0. The van der Waals surface area contributed by atoms with Crippen molar-refractivity contribution in [3.63, 3.8) is 0 Å². The van der Waals surface area contributed by atoms with E-state index in [9.17, 15) is 4.79 Å². The van der Waals surface area contributed by atoms with Gasteiger partial charge >= 0.3 is 0 Å². The summed E-state index contributed by atoms with van der Waals surface area (Å²) >= 11 is 13.5. The Bertz CT molecular complexity index is 919. The van der Waals surface area contributed by atoms with Gasteiger partial charge in [0.15, 0.2) is 5.16 Å². The Morgan fingerprint density at radius 1 is 1.22 bits per heavy atom. The molecule has 0 spiro atoms. The standard InChI is InChI=1S/C15H14Cl2N4OS/c1-8(2)12-6-13(22)18-14-19-20-15(21(12)14)23-7-9-3-4-10(16)11(17)5-9/h3-6,8H,7H2,1-2H3,(H,18,19,22). The number of nitrogens with one attached hydrogen (secondary N) is 1. The van der Waals surface area contributed by atoms with Crippen LogP contribution in [-0.4, -0.2) is 19.6 Å². The number of halogens is 2. The Kier molecular flexibility index (Phi) is 4.66. The highest BCUT2D eigenvalue weighted by atomic mass is 35.5. The average molecular weight is 369 g/mol. The van der Waals surface area contributed by atoms with Crippen LogP contribution in [0.4, 0.5) is 0 Å². The van der Waals surface area contributed by atoms with E-state index in [2.05, 4.69) is 15.2 Å². The molecule has 0 aliphatic heterocycles. The van der Waals surface area contributed by atoms with Crippen molar-refractivity contribution >= 4 is 40.7 Å². The molecule has 8 heteroatoms. The van der Waals surface area contributed by atoms with E-state index in [1.807, 2.05) is 30.4 Å². The molecule has 0 aliphatic carbocycles. The number of hydrogen-bond donors (Lipinski definition) is 1. The second-order valence-electron chi connectivity index (χ2n) is 5.39. The Morgan fingerprint density at radius 2 is 2.00 bits per heavy atom. The highest BCUT2D eigenvalue weighted by Crippen LogP contribution is 2.28. The number of hydrogen-bond acceptors (Lipinski definition) is 4. The van der Waals surface area contributed by atoms with Crippen molar-refractivity contribution in [1.82, 2.24) is 19.6 Å². The Labute approximate surface area is 147 Å². The maximum absolute atomic E-state index is 11.7. The number of fused-ring (bicyclic) bond motifs is 1. The fourth-order valence-electron chi connectivity index (χ4n) is 2.22. The van der Waals surface area contributed by atoms with Crippen molar-refractivity contribution < 1.29 is 0 Å². The van der Waals surface area contributed by atoms with Gasteiger partial charge in [-0.3, -0.25) is 14.2 Å². The predicted octanol–water partition coefficient (Wildman–Crippen LogP) is 4.14. The van der Waals surface area contributed by atoms with Crippen molar-refractivity contribution in [2.24, 2.45) is 0 Å². The van der Waals surface area contributed by atoms with Crippen molar-refractivity contribution in [3.05, 3.63) is 55.9 Å². The van der Waals surface area contributed by atoms with Crippen LogP contribution >= 0.6 is 35.0 Å². The van der Waals surface area contributed by atoms with Gasteiger partial charge in [0.1, 0.15) is 0 Å². The number of aromatic nitrogens is 4. The van der Waals surface area contributed by atoms with Crippen LogP contribution in [-0.2, 0) is 5.75 Å². The van der Waals surface area contributed by atoms with Crippen LogP contribution in [0.3, 0.4) is 0 Å². The van der Waals surface area contributed by atoms with Gasteiger partial charge in [-0.15, -0.1) is 10.2 Å². The number of thioether (sulfide) groups is 1. The van der Waals surface area contributed by atoms with Gasteiger partial charge in [0.2, 0.25) is 5.78 Å². The second kappa shape index (κ2) is 6.55. The van der Waals surface area contributed by atoms with Crippen LogP contribution < -0.4 is 5.56 Å². The van der Waals surface area contributed by atoms with E-state index in [1.165, 1.54) is 11.8 Å². The largest absolute Gasteiger partial charge is 0.291 e. The third-order valence-electron chi connectivity index (χ3n) is 3.35. The summed E-state index contributed by atoms with van der Waals surface area (Å²) in [7, 11) is 0. The van der Waals surface area contributed by atoms with E-state index in [-0.39, 0.29) is 11.5 Å². The summed E-state index contributed by atoms with van der Waals surface area (Å²) in [5, 5.41) is 10.0. The normalized spacial score (nSPS) is 11.5. The summed E-state index contributed by atoms with van der Waals surface area (Å²) < 4.78 is 1.88. The number of H-pyrrole nitrogens is 1. The minimum absolute atomic E-state index is 0.172. The molecular weight excluding hydrogens is 355 g/mol. The smallest absolute Gasteiger partial charge is 0.252 e. The first kappa shape index (κ1) is 16.4.